The largest absolute Gasteiger partial charge is 0.129 e. The lowest BCUT2D eigenvalue weighted by Gasteiger charge is -1.85. The molecule has 1 aromatic rings. The molecule has 0 N–H and O–H groups in total. The van der Waals surface area contributed by atoms with Gasteiger partial charge in [-0.3, -0.25) is 0 Å². The molecule has 0 atom stereocenters. The van der Waals surface area contributed by atoms with Gasteiger partial charge in [-0.05, 0) is 24.6 Å². The molecule has 0 saturated carbocycles. The normalized spacial score (nSPS) is 9.11. The van der Waals surface area contributed by atoms with Crippen LogP contribution in [-0.2, 0) is 0 Å². The summed E-state index contributed by atoms with van der Waals surface area (Å²) in [6.45, 7) is 4.14. The van der Waals surface area contributed by atoms with E-state index < -0.39 is 0 Å². The molecule has 1 rings (SSSR count). The first-order valence-corrected chi connectivity index (χ1v) is 3.19. The summed E-state index contributed by atoms with van der Waals surface area (Å²) in [6, 6.07) is 8.48. The molecule has 0 spiro atoms. The molecule has 0 saturated heterocycles. The molecule has 0 aliphatic carbocycles. The van der Waals surface area contributed by atoms with E-state index >= 15 is 0 Å². The predicted octanol–water partition coefficient (Wildman–Crippen LogP) is 2.57. The van der Waals surface area contributed by atoms with E-state index in [-0.39, 0.29) is 0 Å². The Morgan fingerprint density at radius 1 is 1.11 bits per heavy atom. The van der Waals surface area contributed by atoms with E-state index in [0.717, 1.165) is 0 Å². The molecule has 0 radical (unpaired) electrons. The monoisotopic (exact) mass is 119 g/mol. The van der Waals surface area contributed by atoms with Gasteiger partial charge in [0.15, 0.2) is 0 Å². The Bertz CT molecular complexity index is 172. The first-order valence-electron chi connectivity index (χ1n) is 3.19. The zero-order chi connectivity index (χ0) is 6.69. The minimum absolute atomic E-state index is 1.29. The van der Waals surface area contributed by atoms with Crippen LogP contribution in [0.15, 0.2) is 24.3 Å². The molecule has 0 amide bonds. The highest BCUT2D eigenvalue weighted by atomic mass is 13.9. The molecule has 0 nitrogen and oxygen atoms in total. The highest BCUT2D eigenvalue weighted by Gasteiger charge is 1.94. The molecular formula is C9H11+. The third-order valence-electron chi connectivity index (χ3n) is 1.41. The van der Waals surface area contributed by atoms with Crippen molar-refractivity contribution in [3.63, 3.8) is 0 Å². The van der Waals surface area contributed by atoms with Gasteiger partial charge in [0.2, 0.25) is 0 Å². The zero-order valence-electron chi connectivity index (χ0n) is 5.89. The minimum atomic E-state index is 1.29. The number of hydrogen-bond acceptors (Lipinski definition) is 0. The van der Waals surface area contributed by atoms with Crippen molar-refractivity contribution in [1.82, 2.24) is 0 Å². The van der Waals surface area contributed by atoms with Gasteiger partial charge in [-0.15, -0.1) is 0 Å². The molecule has 1 aromatic carbocycles. The van der Waals surface area contributed by atoms with Crippen LogP contribution in [0, 0.1) is 13.3 Å². The number of hydrogen-bond donors (Lipinski definition) is 0. The zero-order valence-corrected chi connectivity index (χ0v) is 5.89. The van der Waals surface area contributed by atoms with Crippen LogP contribution in [-0.4, -0.2) is 0 Å². The topological polar surface area (TPSA) is 0 Å². The first-order chi connectivity index (χ1) is 4.33. The molecule has 0 aliphatic rings. The second kappa shape index (κ2) is 2.58. The van der Waals surface area contributed by atoms with Crippen molar-refractivity contribution < 1.29 is 0 Å². The van der Waals surface area contributed by atoms with E-state index in [0.29, 0.717) is 0 Å². The number of benzene rings is 1. The van der Waals surface area contributed by atoms with Gasteiger partial charge in [-0.2, -0.15) is 0 Å². The van der Waals surface area contributed by atoms with Crippen molar-refractivity contribution in [1.29, 1.82) is 0 Å². The Kier molecular flexibility index (Phi) is 1.78. The highest BCUT2D eigenvalue weighted by molar-refractivity contribution is 5.25. The van der Waals surface area contributed by atoms with Gasteiger partial charge in [-0.1, -0.05) is 0 Å². The molecule has 0 aliphatic heterocycles. The molecule has 46 valence electrons. The van der Waals surface area contributed by atoms with E-state index in [4.69, 9.17) is 0 Å². The molecule has 0 unspecified atom stereocenters. The van der Waals surface area contributed by atoms with Gasteiger partial charge in [0.05, 0.1) is 0 Å². The van der Waals surface area contributed by atoms with Crippen molar-refractivity contribution in [2.24, 2.45) is 0 Å². The molecule has 9 heavy (non-hydrogen) atoms. The maximum absolute atomic E-state index is 2.12. The van der Waals surface area contributed by atoms with Crippen molar-refractivity contribution in [2.75, 3.05) is 0 Å². The summed E-state index contributed by atoms with van der Waals surface area (Å²) >= 11 is 0. The maximum Gasteiger partial charge on any atom is 0.129 e. The van der Waals surface area contributed by atoms with Crippen LogP contribution in [0.3, 0.4) is 0 Å². The maximum atomic E-state index is 2.12. The van der Waals surface area contributed by atoms with Crippen LogP contribution < -0.4 is 0 Å². The Balaban J connectivity index is 2.88. The lowest BCUT2D eigenvalue weighted by Crippen LogP contribution is -1.75. The fourth-order valence-electron chi connectivity index (χ4n) is 0.759. The summed E-state index contributed by atoms with van der Waals surface area (Å²) in [4.78, 5) is 0. The van der Waals surface area contributed by atoms with Crippen molar-refractivity contribution >= 4 is 0 Å². The Labute approximate surface area is 56.5 Å². The summed E-state index contributed by atoms with van der Waals surface area (Å²) in [5.74, 6) is 0. The third kappa shape index (κ3) is 1.49. The quantitative estimate of drug-likeness (QED) is 0.498. The Morgan fingerprint density at radius 2 is 1.67 bits per heavy atom. The van der Waals surface area contributed by atoms with E-state index in [1.165, 1.54) is 11.1 Å². The average Bonchev–Trinajstić information content (AvgIpc) is 1.90. The van der Waals surface area contributed by atoms with E-state index in [1.807, 2.05) is 6.92 Å². The van der Waals surface area contributed by atoms with Gasteiger partial charge in [0.25, 0.3) is 0 Å². The van der Waals surface area contributed by atoms with Crippen LogP contribution >= 0.6 is 0 Å². The van der Waals surface area contributed by atoms with Crippen molar-refractivity contribution in [3.8, 4) is 0 Å². The predicted molar refractivity (Wildman–Crippen MR) is 40.3 cm³/mol. The van der Waals surface area contributed by atoms with Crippen molar-refractivity contribution in [2.45, 2.75) is 13.8 Å². The fraction of sp³-hybridized carbons (Fsp3) is 0.222. The van der Waals surface area contributed by atoms with Crippen LogP contribution in [0.2, 0.25) is 0 Å². The number of aryl methyl sites for hydroxylation is 1. The summed E-state index contributed by atoms with van der Waals surface area (Å²) in [7, 11) is 0. The van der Waals surface area contributed by atoms with E-state index in [2.05, 4.69) is 37.6 Å². The summed E-state index contributed by atoms with van der Waals surface area (Å²) in [5.41, 5.74) is 2.61. The standard InChI is InChI=1S/C9H11/c1-3-9-6-4-8(2)5-7-9/h3-7H,1-2H3/q+1. The lowest BCUT2D eigenvalue weighted by molar-refractivity contribution is 1.38. The summed E-state index contributed by atoms with van der Waals surface area (Å²) < 4.78 is 0. The van der Waals surface area contributed by atoms with Gasteiger partial charge >= 0.3 is 0 Å². The van der Waals surface area contributed by atoms with E-state index in [1.54, 1.807) is 0 Å². The average molecular weight is 119 g/mol. The lowest BCUT2D eigenvalue weighted by atomic mass is 10.1. The van der Waals surface area contributed by atoms with Gasteiger partial charge < -0.3 is 0 Å². The molecule has 0 fully saturated rings. The highest BCUT2D eigenvalue weighted by Crippen LogP contribution is 2.03. The minimum Gasteiger partial charge on any atom is -0.0374 e. The van der Waals surface area contributed by atoms with Crippen molar-refractivity contribution in [3.05, 3.63) is 41.8 Å². The molecule has 0 aromatic heterocycles. The third-order valence-corrected chi connectivity index (χ3v) is 1.41. The van der Waals surface area contributed by atoms with Crippen LogP contribution in [0.1, 0.15) is 18.1 Å². The first kappa shape index (κ1) is 6.21. The SMILES string of the molecule is C[CH+]c1ccc(C)cc1. The van der Waals surface area contributed by atoms with E-state index in [9.17, 15) is 0 Å². The van der Waals surface area contributed by atoms with Crippen LogP contribution in [0.5, 0.6) is 0 Å². The second-order valence-electron chi connectivity index (χ2n) is 2.20. The van der Waals surface area contributed by atoms with Gasteiger partial charge in [0, 0.05) is 25.5 Å². The fourth-order valence-corrected chi connectivity index (χ4v) is 0.759. The molecule has 0 bridgehead atoms. The molecule has 0 heterocycles. The Hall–Kier alpha value is -0.910. The second-order valence-corrected chi connectivity index (χ2v) is 2.20. The summed E-state index contributed by atoms with van der Waals surface area (Å²) in [5, 5.41) is 0. The molecular weight excluding hydrogens is 108 g/mol. The Morgan fingerprint density at radius 3 is 2.11 bits per heavy atom. The van der Waals surface area contributed by atoms with Crippen LogP contribution in [0.4, 0.5) is 0 Å². The number of rotatable bonds is 1. The molecule has 0 heteroatoms. The van der Waals surface area contributed by atoms with Crippen LogP contribution in [0.25, 0.3) is 0 Å². The van der Waals surface area contributed by atoms with Gasteiger partial charge in [-0.25, -0.2) is 0 Å². The smallest absolute Gasteiger partial charge is 0.0374 e. The van der Waals surface area contributed by atoms with Gasteiger partial charge in [0.1, 0.15) is 5.56 Å². The summed E-state index contributed by atoms with van der Waals surface area (Å²) in [6.07, 6.45) is 2.10.